The van der Waals surface area contributed by atoms with Gasteiger partial charge in [0.15, 0.2) is 5.69 Å². The third-order valence-corrected chi connectivity index (χ3v) is 3.45. The average Bonchev–Trinajstić information content (AvgIpc) is 2.77. The molecule has 1 atom stereocenters. The van der Waals surface area contributed by atoms with Gasteiger partial charge in [0.2, 0.25) is 0 Å². The molecule has 1 N–H and O–H groups in total. The highest BCUT2D eigenvalue weighted by Crippen LogP contribution is 2.22. The number of rotatable bonds is 3. The van der Waals surface area contributed by atoms with Gasteiger partial charge in [-0.25, -0.2) is 9.78 Å². The van der Waals surface area contributed by atoms with Crippen molar-refractivity contribution in [2.45, 2.75) is 13.3 Å². The molecule has 0 aliphatic heterocycles. The van der Waals surface area contributed by atoms with Crippen molar-refractivity contribution in [3.05, 3.63) is 46.0 Å². The molecule has 88 valence electrons. The van der Waals surface area contributed by atoms with E-state index in [0.29, 0.717) is 5.92 Å². The number of hydrogen-bond acceptors (Lipinski definition) is 3. The van der Waals surface area contributed by atoms with Crippen molar-refractivity contribution in [3.8, 4) is 0 Å². The van der Waals surface area contributed by atoms with E-state index in [9.17, 15) is 4.79 Å². The first kappa shape index (κ1) is 11.8. The van der Waals surface area contributed by atoms with Crippen LogP contribution in [0.5, 0.6) is 0 Å². The van der Waals surface area contributed by atoms with Crippen LogP contribution in [0.15, 0.2) is 35.3 Å². The lowest BCUT2D eigenvalue weighted by atomic mass is 9.93. The van der Waals surface area contributed by atoms with Crippen molar-refractivity contribution in [1.29, 1.82) is 0 Å². The molecule has 0 spiro atoms. The number of hydrogen-bond donors (Lipinski definition) is 1. The Bertz CT molecular complexity index is 511. The molecule has 1 aromatic heterocycles. The van der Waals surface area contributed by atoms with Gasteiger partial charge in [0.05, 0.1) is 0 Å². The van der Waals surface area contributed by atoms with Crippen LogP contribution in [-0.2, 0) is 0 Å². The van der Waals surface area contributed by atoms with Crippen LogP contribution in [-0.4, -0.2) is 16.1 Å². The van der Waals surface area contributed by atoms with Gasteiger partial charge in [-0.2, -0.15) is 0 Å². The summed E-state index contributed by atoms with van der Waals surface area (Å²) < 4.78 is 0. The molecule has 1 heterocycles. The quantitative estimate of drug-likeness (QED) is 0.890. The Morgan fingerprint density at radius 2 is 2.41 bits per heavy atom. The SMILES string of the molecule is CC1CC=CC=C1/C=C/c1nc(C(=O)O)cs1. The van der Waals surface area contributed by atoms with E-state index in [2.05, 4.69) is 24.1 Å². The van der Waals surface area contributed by atoms with Crippen molar-refractivity contribution in [3.63, 3.8) is 0 Å². The number of thiazole rings is 1. The summed E-state index contributed by atoms with van der Waals surface area (Å²) in [6.07, 6.45) is 11.2. The fraction of sp³-hybridized carbons (Fsp3) is 0.231. The Labute approximate surface area is 104 Å². The number of carbonyl (C=O) groups is 1. The lowest BCUT2D eigenvalue weighted by molar-refractivity contribution is 0.0691. The average molecular weight is 247 g/mol. The summed E-state index contributed by atoms with van der Waals surface area (Å²) in [5, 5.41) is 11.0. The largest absolute Gasteiger partial charge is 0.476 e. The zero-order chi connectivity index (χ0) is 12.3. The molecule has 2 rings (SSSR count). The van der Waals surface area contributed by atoms with Gasteiger partial charge in [-0.15, -0.1) is 11.3 Å². The van der Waals surface area contributed by atoms with Crippen LogP contribution in [0, 0.1) is 5.92 Å². The number of aromatic carboxylic acids is 1. The summed E-state index contributed by atoms with van der Waals surface area (Å²) in [7, 11) is 0. The van der Waals surface area contributed by atoms with Crippen molar-refractivity contribution in [1.82, 2.24) is 4.98 Å². The molecule has 4 heteroatoms. The Kier molecular flexibility index (Phi) is 3.54. The van der Waals surface area contributed by atoms with Gasteiger partial charge >= 0.3 is 5.97 Å². The zero-order valence-corrected chi connectivity index (χ0v) is 10.3. The number of allylic oxidation sites excluding steroid dienone is 5. The second-order valence-corrected chi connectivity index (χ2v) is 4.83. The van der Waals surface area contributed by atoms with E-state index in [1.54, 1.807) is 5.38 Å². The van der Waals surface area contributed by atoms with Gasteiger partial charge in [-0.1, -0.05) is 31.2 Å². The topological polar surface area (TPSA) is 50.2 Å². The van der Waals surface area contributed by atoms with Gasteiger partial charge in [0.1, 0.15) is 5.01 Å². The Balaban J connectivity index is 2.12. The summed E-state index contributed by atoms with van der Waals surface area (Å²) in [6.45, 7) is 2.17. The van der Waals surface area contributed by atoms with Gasteiger partial charge < -0.3 is 5.11 Å². The molecule has 3 nitrogen and oxygen atoms in total. The van der Waals surface area contributed by atoms with Crippen molar-refractivity contribution in [2.24, 2.45) is 5.92 Å². The van der Waals surface area contributed by atoms with Gasteiger partial charge in [0.25, 0.3) is 0 Å². The third-order valence-electron chi connectivity index (χ3n) is 2.64. The Morgan fingerprint density at radius 3 is 3.06 bits per heavy atom. The Hall–Kier alpha value is -1.68. The molecule has 0 saturated heterocycles. The van der Waals surface area contributed by atoms with Crippen LogP contribution in [0.4, 0.5) is 0 Å². The normalized spacial score (nSPS) is 19.6. The lowest BCUT2D eigenvalue weighted by Crippen LogP contribution is -1.98. The van der Waals surface area contributed by atoms with E-state index >= 15 is 0 Å². The molecule has 1 aromatic rings. The molecule has 0 bridgehead atoms. The van der Waals surface area contributed by atoms with Crippen LogP contribution in [0.3, 0.4) is 0 Å². The molecule has 0 fully saturated rings. The minimum Gasteiger partial charge on any atom is -0.476 e. The van der Waals surface area contributed by atoms with Crippen LogP contribution in [0.1, 0.15) is 28.8 Å². The molecule has 1 unspecified atom stereocenters. The summed E-state index contributed by atoms with van der Waals surface area (Å²) in [5.41, 5.74) is 1.36. The summed E-state index contributed by atoms with van der Waals surface area (Å²) in [5.74, 6) is -0.468. The first-order valence-corrected chi connectivity index (χ1v) is 6.28. The second-order valence-electron chi connectivity index (χ2n) is 3.94. The molecule has 1 aliphatic rings. The van der Waals surface area contributed by atoms with Crippen LogP contribution >= 0.6 is 11.3 Å². The molecular weight excluding hydrogens is 234 g/mol. The fourth-order valence-corrected chi connectivity index (χ4v) is 2.30. The van der Waals surface area contributed by atoms with Gasteiger partial charge in [-0.05, 0) is 24.0 Å². The van der Waals surface area contributed by atoms with E-state index in [0.717, 1.165) is 11.4 Å². The first-order chi connectivity index (χ1) is 8.16. The molecule has 0 saturated carbocycles. The molecule has 0 radical (unpaired) electrons. The number of carboxylic acids is 1. The number of nitrogens with zero attached hydrogens (tertiary/aromatic N) is 1. The van der Waals surface area contributed by atoms with Crippen molar-refractivity contribution < 1.29 is 9.90 Å². The first-order valence-electron chi connectivity index (χ1n) is 5.40. The monoisotopic (exact) mass is 247 g/mol. The van der Waals surface area contributed by atoms with E-state index < -0.39 is 5.97 Å². The maximum Gasteiger partial charge on any atom is 0.355 e. The van der Waals surface area contributed by atoms with Crippen LogP contribution < -0.4 is 0 Å². The zero-order valence-electron chi connectivity index (χ0n) is 9.46. The van der Waals surface area contributed by atoms with Crippen LogP contribution in [0.2, 0.25) is 0 Å². The Morgan fingerprint density at radius 1 is 1.59 bits per heavy atom. The summed E-state index contributed by atoms with van der Waals surface area (Å²) in [4.78, 5) is 14.7. The highest BCUT2D eigenvalue weighted by molar-refractivity contribution is 7.10. The smallest absolute Gasteiger partial charge is 0.355 e. The highest BCUT2D eigenvalue weighted by Gasteiger charge is 2.08. The molecular formula is C13H13NO2S. The van der Waals surface area contributed by atoms with Crippen molar-refractivity contribution >= 4 is 23.4 Å². The van der Waals surface area contributed by atoms with E-state index in [-0.39, 0.29) is 5.69 Å². The maximum absolute atomic E-state index is 10.7. The third kappa shape index (κ3) is 2.91. The predicted molar refractivity (Wildman–Crippen MR) is 69.1 cm³/mol. The van der Waals surface area contributed by atoms with Gasteiger partial charge in [0, 0.05) is 5.38 Å². The van der Waals surface area contributed by atoms with E-state index in [4.69, 9.17) is 5.11 Å². The molecule has 0 aromatic carbocycles. The fourth-order valence-electron chi connectivity index (χ4n) is 1.61. The van der Waals surface area contributed by atoms with Gasteiger partial charge in [-0.3, -0.25) is 0 Å². The molecule has 17 heavy (non-hydrogen) atoms. The summed E-state index contributed by atoms with van der Waals surface area (Å²) >= 11 is 1.34. The lowest BCUT2D eigenvalue weighted by Gasteiger charge is -2.12. The second kappa shape index (κ2) is 5.10. The predicted octanol–water partition coefficient (Wildman–Crippen LogP) is 3.38. The molecule has 1 aliphatic carbocycles. The van der Waals surface area contributed by atoms with E-state index in [1.165, 1.54) is 16.9 Å². The highest BCUT2D eigenvalue weighted by atomic mass is 32.1. The standard InChI is InChI=1S/C13H13NO2S/c1-9-4-2-3-5-10(9)6-7-12-14-11(8-17-12)13(15)16/h2-3,5-9H,4H2,1H3,(H,15,16)/b7-6+. The summed E-state index contributed by atoms with van der Waals surface area (Å²) in [6, 6.07) is 0. The maximum atomic E-state index is 10.7. The van der Waals surface area contributed by atoms with Crippen LogP contribution in [0.25, 0.3) is 6.08 Å². The number of carboxylic acid groups (broad SMARTS) is 1. The minimum atomic E-state index is -0.978. The molecule has 0 amide bonds. The van der Waals surface area contributed by atoms with E-state index in [1.807, 2.05) is 18.2 Å². The van der Waals surface area contributed by atoms with Crippen molar-refractivity contribution in [2.75, 3.05) is 0 Å². The number of aromatic nitrogens is 1. The minimum absolute atomic E-state index is 0.111.